The first-order chi connectivity index (χ1) is 6.77. The van der Waals surface area contributed by atoms with Crippen LogP contribution in [0.25, 0.3) is 0 Å². The summed E-state index contributed by atoms with van der Waals surface area (Å²) in [5, 5.41) is 3.38. The fourth-order valence-electron chi connectivity index (χ4n) is 1.88. The topological polar surface area (TPSA) is 15.3 Å². The van der Waals surface area contributed by atoms with Gasteiger partial charge in [0, 0.05) is 29.8 Å². The van der Waals surface area contributed by atoms with Crippen molar-refractivity contribution in [2.24, 2.45) is 0 Å². The second-order valence-electron chi connectivity index (χ2n) is 3.74. The summed E-state index contributed by atoms with van der Waals surface area (Å²) < 4.78 is 1.15. The number of likely N-dealkylation sites (N-methyl/N-ethyl adjacent to an activating group) is 1. The van der Waals surface area contributed by atoms with Gasteiger partial charge in [0.15, 0.2) is 0 Å². The maximum absolute atomic E-state index is 3.50. The zero-order valence-electron chi connectivity index (χ0n) is 8.33. The fraction of sp³-hybridized carbons (Fsp3) is 0.455. The van der Waals surface area contributed by atoms with E-state index in [1.807, 2.05) is 0 Å². The third-order valence-corrected chi connectivity index (χ3v) is 3.29. The summed E-state index contributed by atoms with van der Waals surface area (Å²) >= 11 is 3.50. The summed E-state index contributed by atoms with van der Waals surface area (Å²) in [7, 11) is 2.17. The third kappa shape index (κ3) is 2.10. The molecule has 1 aliphatic rings. The van der Waals surface area contributed by atoms with E-state index in [1.165, 1.54) is 12.1 Å². The summed E-state index contributed by atoms with van der Waals surface area (Å²) in [6.07, 6.45) is 1.24. The minimum atomic E-state index is 0.643. The number of hydrogen-bond donors (Lipinski definition) is 1. The van der Waals surface area contributed by atoms with Gasteiger partial charge < -0.3 is 10.2 Å². The van der Waals surface area contributed by atoms with Crippen LogP contribution in [0.2, 0.25) is 0 Å². The van der Waals surface area contributed by atoms with Gasteiger partial charge in [0.1, 0.15) is 0 Å². The molecule has 1 aromatic rings. The van der Waals surface area contributed by atoms with Crippen molar-refractivity contribution in [2.75, 3.05) is 25.0 Å². The lowest BCUT2D eigenvalue weighted by Gasteiger charge is -2.26. The van der Waals surface area contributed by atoms with E-state index >= 15 is 0 Å². The average molecular weight is 255 g/mol. The molecule has 0 aromatic heterocycles. The largest absolute Gasteiger partial charge is 0.370 e. The van der Waals surface area contributed by atoms with E-state index in [1.54, 1.807) is 0 Å². The molecular formula is C11H15BrN2. The van der Waals surface area contributed by atoms with Crippen LogP contribution in [0.4, 0.5) is 5.69 Å². The zero-order valence-corrected chi connectivity index (χ0v) is 9.92. The lowest BCUT2D eigenvalue weighted by Crippen LogP contribution is -2.33. The van der Waals surface area contributed by atoms with Crippen LogP contribution in [0.3, 0.4) is 0 Å². The van der Waals surface area contributed by atoms with Crippen molar-refractivity contribution in [3.05, 3.63) is 28.7 Å². The van der Waals surface area contributed by atoms with Crippen LogP contribution < -0.4 is 10.2 Å². The van der Waals surface area contributed by atoms with Gasteiger partial charge in [0.05, 0.1) is 0 Å². The van der Waals surface area contributed by atoms with E-state index in [0.717, 1.165) is 17.6 Å². The lowest BCUT2D eigenvalue weighted by atomic mass is 10.2. The quantitative estimate of drug-likeness (QED) is 0.871. The molecule has 2 nitrogen and oxygen atoms in total. The molecule has 1 saturated heterocycles. The van der Waals surface area contributed by atoms with Crippen molar-refractivity contribution in [3.8, 4) is 0 Å². The molecule has 76 valence electrons. The second-order valence-corrected chi connectivity index (χ2v) is 4.65. The molecule has 0 radical (unpaired) electrons. The smallest absolute Gasteiger partial charge is 0.0423 e. The molecule has 0 bridgehead atoms. The van der Waals surface area contributed by atoms with Crippen molar-refractivity contribution in [1.82, 2.24) is 5.32 Å². The SMILES string of the molecule is CN(c1cccc(Br)c1)C1CCNC1. The predicted octanol–water partition coefficient (Wildman–Crippen LogP) is 2.25. The van der Waals surface area contributed by atoms with Gasteiger partial charge in [-0.25, -0.2) is 0 Å². The molecule has 0 spiro atoms. The van der Waals surface area contributed by atoms with Crippen molar-refractivity contribution in [2.45, 2.75) is 12.5 Å². The molecule has 0 amide bonds. The van der Waals surface area contributed by atoms with Crippen molar-refractivity contribution in [3.63, 3.8) is 0 Å². The molecule has 3 heteroatoms. The molecule has 1 N–H and O–H groups in total. The molecule has 1 atom stereocenters. The number of halogens is 1. The fourth-order valence-corrected chi connectivity index (χ4v) is 2.26. The second kappa shape index (κ2) is 4.32. The molecule has 14 heavy (non-hydrogen) atoms. The van der Waals surface area contributed by atoms with Gasteiger partial charge in [0.25, 0.3) is 0 Å². The minimum absolute atomic E-state index is 0.643. The Morgan fingerprint density at radius 1 is 1.50 bits per heavy atom. The first-order valence-electron chi connectivity index (χ1n) is 4.96. The van der Waals surface area contributed by atoms with E-state index in [0.29, 0.717) is 6.04 Å². The van der Waals surface area contributed by atoms with Crippen molar-refractivity contribution in [1.29, 1.82) is 0 Å². The van der Waals surface area contributed by atoms with E-state index in [2.05, 4.69) is 57.5 Å². The van der Waals surface area contributed by atoms with E-state index in [4.69, 9.17) is 0 Å². The highest BCUT2D eigenvalue weighted by Gasteiger charge is 2.19. The van der Waals surface area contributed by atoms with Crippen LogP contribution in [-0.2, 0) is 0 Å². The van der Waals surface area contributed by atoms with Gasteiger partial charge in [0.2, 0.25) is 0 Å². The Morgan fingerprint density at radius 2 is 2.36 bits per heavy atom. The first kappa shape index (κ1) is 9.99. The first-order valence-corrected chi connectivity index (χ1v) is 5.76. The van der Waals surface area contributed by atoms with Gasteiger partial charge >= 0.3 is 0 Å². The molecule has 2 rings (SSSR count). The molecule has 0 aliphatic carbocycles. The highest BCUT2D eigenvalue weighted by Crippen LogP contribution is 2.22. The normalized spacial score (nSPS) is 21.1. The van der Waals surface area contributed by atoms with Crippen LogP contribution in [0.5, 0.6) is 0 Å². The van der Waals surface area contributed by atoms with Crippen LogP contribution >= 0.6 is 15.9 Å². The zero-order chi connectivity index (χ0) is 9.97. The Morgan fingerprint density at radius 3 is 3.00 bits per heavy atom. The Bertz CT molecular complexity index is 308. The van der Waals surface area contributed by atoms with Gasteiger partial charge in [-0.1, -0.05) is 22.0 Å². The number of hydrogen-bond acceptors (Lipinski definition) is 2. The van der Waals surface area contributed by atoms with E-state index in [-0.39, 0.29) is 0 Å². The molecule has 1 aromatic carbocycles. The van der Waals surface area contributed by atoms with Gasteiger partial charge in [-0.2, -0.15) is 0 Å². The maximum atomic E-state index is 3.50. The average Bonchev–Trinajstić information content (AvgIpc) is 2.69. The van der Waals surface area contributed by atoms with Crippen LogP contribution in [0, 0.1) is 0 Å². The summed E-state index contributed by atoms with van der Waals surface area (Å²) in [6.45, 7) is 2.24. The molecule has 1 fully saturated rings. The monoisotopic (exact) mass is 254 g/mol. The molecule has 1 unspecified atom stereocenters. The number of nitrogens with one attached hydrogen (secondary N) is 1. The summed E-state index contributed by atoms with van der Waals surface area (Å²) in [4.78, 5) is 2.35. The predicted molar refractivity (Wildman–Crippen MR) is 63.8 cm³/mol. The van der Waals surface area contributed by atoms with Gasteiger partial charge in [-0.3, -0.25) is 0 Å². The molecule has 1 aliphatic heterocycles. The molecule has 0 saturated carbocycles. The lowest BCUT2D eigenvalue weighted by molar-refractivity contribution is 0.685. The molecule has 1 heterocycles. The van der Waals surface area contributed by atoms with Gasteiger partial charge in [-0.15, -0.1) is 0 Å². The highest BCUT2D eigenvalue weighted by molar-refractivity contribution is 9.10. The maximum Gasteiger partial charge on any atom is 0.0423 e. The summed E-state index contributed by atoms with van der Waals surface area (Å²) in [5.41, 5.74) is 1.29. The number of nitrogens with zero attached hydrogens (tertiary/aromatic N) is 1. The van der Waals surface area contributed by atoms with E-state index < -0.39 is 0 Å². The Kier molecular flexibility index (Phi) is 3.08. The summed E-state index contributed by atoms with van der Waals surface area (Å²) in [5.74, 6) is 0. The van der Waals surface area contributed by atoms with Crippen LogP contribution in [0.15, 0.2) is 28.7 Å². The van der Waals surface area contributed by atoms with Crippen molar-refractivity contribution >= 4 is 21.6 Å². The number of anilines is 1. The van der Waals surface area contributed by atoms with Crippen LogP contribution in [-0.4, -0.2) is 26.2 Å². The van der Waals surface area contributed by atoms with E-state index in [9.17, 15) is 0 Å². The van der Waals surface area contributed by atoms with Crippen LogP contribution in [0.1, 0.15) is 6.42 Å². The van der Waals surface area contributed by atoms with Crippen molar-refractivity contribution < 1.29 is 0 Å². The number of benzene rings is 1. The summed E-state index contributed by atoms with van der Waals surface area (Å²) in [6, 6.07) is 9.11. The third-order valence-electron chi connectivity index (χ3n) is 2.80. The van der Waals surface area contributed by atoms with Gasteiger partial charge in [-0.05, 0) is 31.2 Å². The Hall–Kier alpha value is -0.540. The Labute approximate surface area is 93.4 Å². The molecular weight excluding hydrogens is 240 g/mol. The Balaban J connectivity index is 2.13. The highest BCUT2D eigenvalue weighted by atomic mass is 79.9. The number of rotatable bonds is 2. The standard InChI is InChI=1S/C11H15BrN2/c1-14(11-5-6-13-8-11)10-4-2-3-9(12)7-10/h2-4,7,11,13H,5-6,8H2,1H3. The minimum Gasteiger partial charge on any atom is -0.370 e.